The summed E-state index contributed by atoms with van der Waals surface area (Å²) < 4.78 is 2.16. The molecule has 0 unspecified atom stereocenters. The van der Waals surface area contributed by atoms with Crippen LogP contribution in [0.2, 0.25) is 0 Å². The maximum absolute atomic E-state index is 4.33. The second-order valence-corrected chi connectivity index (χ2v) is 4.43. The quantitative estimate of drug-likeness (QED) is 0.732. The zero-order valence-electron chi connectivity index (χ0n) is 11.1. The van der Waals surface area contributed by atoms with Gasteiger partial charge in [0.1, 0.15) is 5.82 Å². The van der Waals surface area contributed by atoms with Crippen LogP contribution in [0.4, 0.5) is 0 Å². The van der Waals surface area contributed by atoms with Gasteiger partial charge in [-0.3, -0.25) is 5.10 Å². The van der Waals surface area contributed by atoms with Gasteiger partial charge in [-0.15, -0.1) is 0 Å². The number of nitrogens with one attached hydrogen (secondary N) is 2. The minimum absolute atomic E-state index is 0.839. The summed E-state index contributed by atoms with van der Waals surface area (Å²) in [5, 5.41) is 10.4. The fourth-order valence-electron chi connectivity index (χ4n) is 2.03. The van der Waals surface area contributed by atoms with Gasteiger partial charge in [-0.1, -0.05) is 0 Å². The van der Waals surface area contributed by atoms with Crippen molar-refractivity contribution in [2.45, 2.75) is 39.8 Å². The number of nitrogens with zero attached hydrogens (tertiary/aromatic N) is 3. The van der Waals surface area contributed by atoms with Crippen LogP contribution >= 0.6 is 0 Å². The number of aromatic nitrogens is 4. The molecule has 2 aromatic rings. The highest BCUT2D eigenvalue weighted by Crippen LogP contribution is 2.05. The van der Waals surface area contributed by atoms with Gasteiger partial charge in [-0.25, -0.2) is 4.98 Å². The average molecular weight is 247 g/mol. The predicted octanol–water partition coefficient (Wildman–Crippen LogP) is 1.66. The molecule has 0 atom stereocenters. The molecule has 0 aromatic carbocycles. The molecular formula is C13H21N5. The number of aromatic amines is 1. The van der Waals surface area contributed by atoms with Crippen molar-refractivity contribution in [2.24, 2.45) is 0 Å². The molecule has 5 heteroatoms. The standard InChI is InChI=1S/C13H21N5/c1-3-18-8-7-15-13(18)10-14-6-4-5-12-9-16-17-11(12)2/h7-9,14H,3-6,10H2,1-2H3,(H,16,17). The molecule has 2 rings (SSSR count). The summed E-state index contributed by atoms with van der Waals surface area (Å²) in [5.41, 5.74) is 2.49. The van der Waals surface area contributed by atoms with Crippen LogP contribution in [0.15, 0.2) is 18.6 Å². The van der Waals surface area contributed by atoms with Crippen molar-refractivity contribution in [1.82, 2.24) is 25.1 Å². The Morgan fingerprint density at radius 3 is 3.06 bits per heavy atom. The number of aryl methyl sites for hydroxylation is 3. The molecule has 0 aliphatic rings. The Labute approximate surface area is 108 Å². The van der Waals surface area contributed by atoms with E-state index in [4.69, 9.17) is 0 Å². The van der Waals surface area contributed by atoms with Gasteiger partial charge in [-0.2, -0.15) is 5.10 Å². The molecule has 2 N–H and O–H groups in total. The molecule has 0 saturated carbocycles. The molecule has 0 aliphatic heterocycles. The Balaban J connectivity index is 1.66. The lowest BCUT2D eigenvalue weighted by atomic mass is 10.1. The van der Waals surface area contributed by atoms with Crippen LogP contribution in [-0.4, -0.2) is 26.3 Å². The van der Waals surface area contributed by atoms with Crippen LogP contribution in [0, 0.1) is 6.92 Å². The van der Waals surface area contributed by atoms with Crippen molar-refractivity contribution in [2.75, 3.05) is 6.54 Å². The van der Waals surface area contributed by atoms with E-state index in [-0.39, 0.29) is 0 Å². The van der Waals surface area contributed by atoms with Crippen molar-refractivity contribution < 1.29 is 0 Å². The summed E-state index contributed by atoms with van der Waals surface area (Å²) in [6.07, 6.45) is 7.98. The summed E-state index contributed by atoms with van der Waals surface area (Å²) in [7, 11) is 0. The van der Waals surface area contributed by atoms with Gasteiger partial charge in [0.05, 0.1) is 12.7 Å². The summed E-state index contributed by atoms with van der Waals surface area (Å²) in [4.78, 5) is 4.33. The Morgan fingerprint density at radius 2 is 2.33 bits per heavy atom. The monoisotopic (exact) mass is 247 g/mol. The molecule has 98 valence electrons. The summed E-state index contributed by atoms with van der Waals surface area (Å²) in [5.74, 6) is 1.11. The largest absolute Gasteiger partial charge is 0.334 e. The minimum Gasteiger partial charge on any atom is -0.334 e. The van der Waals surface area contributed by atoms with Crippen LogP contribution in [0.3, 0.4) is 0 Å². The molecule has 0 fully saturated rings. The molecule has 0 bridgehead atoms. The summed E-state index contributed by atoms with van der Waals surface area (Å²) in [6, 6.07) is 0. The highest BCUT2D eigenvalue weighted by atomic mass is 15.1. The zero-order valence-corrected chi connectivity index (χ0v) is 11.1. The van der Waals surface area contributed by atoms with Crippen LogP contribution in [0.5, 0.6) is 0 Å². The van der Waals surface area contributed by atoms with E-state index in [1.54, 1.807) is 0 Å². The van der Waals surface area contributed by atoms with Crippen LogP contribution in [-0.2, 0) is 19.5 Å². The lowest BCUT2D eigenvalue weighted by molar-refractivity contribution is 0.596. The zero-order chi connectivity index (χ0) is 12.8. The van der Waals surface area contributed by atoms with Gasteiger partial charge in [0.25, 0.3) is 0 Å². The lowest BCUT2D eigenvalue weighted by Crippen LogP contribution is -2.18. The minimum atomic E-state index is 0.839. The van der Waals surface area contributed by atoms with Gasteiger partial charge >= 0.3 is 0 Å². The van der Waals surface area contributed by atoms with E-state index in [2.05, 4.69) is 38.9 Å². The van der Waals surface area contributed by atoms with Crippen molar-refractivity contribution in [1.29, 1.82) is 0 Å². The number of hydrogen-bond acceptors (Lipinski definition) is 3. The SMILES string of the molecule is CCn1ccnc1CNCCCc1cn[nH]c1C. The molecular weight excluding hydrogens is 226 g/mol. The maximum atomic E-state index is 4.33. The first-order valence-corrected chi connectivity index (χ1v) is 6.50. The molecule has 2 aromatic heterocycles. The molecule has 0 spiro atoms. The molecule has 0 aliphatic carbocycles. The van der Waals surface area contributed by atoms with E-state index in [1.807, 2.05) is 18.6 Å². The average Bonchev–Trinajstić information content (AvgIpc) is 2.98. The van der Waals surface area contributed by atoms with Crippen LogP contribution in [0.1, 0.15) is 30.4 Å². The van der Waals surface area contributed by atoms with Crippen LogP contribution < -0.4 is 5.32 Å². The van der Waals surface area contributed by atoms with E-state index >= 15 is 0 Å². The highest BCUT2D eigenvalue weighted by Gasteiger charge is 2.01. The van der Waals surface area contributed by atoms with Crippen molar-refractivity contribution in [3.63, 3.8) is 0 Å². The Hall–Kier alpha value is -1.62. The van der Waals surface area contributed by atoms with Crippen molar-refractivity contribution in [3.8, 4) is 0 Å². The van der Waals surface area contributed by atoms with E-state index in [0.29, 0.717) is 0 Å². The third-order valence-corrected chi connectivity index (χ3v) is 3.16. The topological polar surface area (TPSA) is 58.5 Å². The van der Waals surface area contributed by atoms with E-state index in [1.165, 1.54) is 11.3 Å². The normalized spacial score (nSPS) is 11.0. The van der Waals surface area contributed by atoms with E-state index in [0.717, 1.165) is 38.3 Å². The fraction of sp³-hybridized carbons (Fsp3) is 0.538. The predicted molar refractivity (Wildman–Crippen MR) is 71.3 cm³/mol. The Morgan fingerprint density at radius 1 is 1.44 bits per heavy atom. The number of hydrogen-bond donors (Lipinski definition) is 2. The second-order valence-electron chi connectivity index (χ2n) is 4.43. The van der Waals surface area contributed by atoms with Gasteiger partial charge in [0, 0.05) is 24.6 Å². The third-order valence-electron chi connectivity index (χ3n) is 3.16. The van der Waals surface area contributed by atoms with Gasteiger partial charge in [0.15, 0.2) is 0 Å². The molecule has 2 heterocycles. The van der Waals surface area contributed by atoms with E-state index < -0.39 is 0 Å². The molecule has 18 heavy (non-hydrogen) atoms. The summed E-state index contributed by atoms with van der Waals surface area (Å²) >= 11 is 0. The molecule has 5 nitrogen and oxygen atoms in total. The fourth-order valence-corrected chi connectivity index (χ4v) is 2.03. The lowest BCUT2D eigenvalue weighted by Gasteiger charge is -2.06. The maximum Gasteiger partial charge on any atom is 0.122 e. The van der Waals surface area contributed by atoms with Crippen molar-refractivity contribution >= 4 is 0 Å². The molecule has 0 saturated heterocycles. The highest BCUT2D eigenvalue weighted by molar-refractivity contribution is 5.14. The first kappa shape index (κ1) is 12.8. The smallest absolute Gasteiger partial charge is 0.122 e. The number of imidazole rings is 1. The molecule has 0 radical (unpaired) electrons. The Kier molecular flexibility index (Phi) is 4.52. The van der Waals surface area contributed by atoms with Gasteiger partial charge in [0.2, 0.25) is 0 Å². The summed E-state index contributed by atoms with van der Waals surface area (Å²) in [6.45, 7) is 7.01. The second kappa shape index (κ2) is 6.35. The van der Waals surface area contributed by atoms with Gasteiger partial charge < -0.3 is 9.88 Å². The molecule has 0 amide bonds. The number of H-pyrrole nitrogens is 1. The van der Waals surface area contributed by atoms with E-state index in [9.17, 15) is 0 Å². The van der Waals surface area contributed by atoms with Crippen LogP contribution in [0.25, 0.3) is 0 Å². The first-order valence-electron chi connectivity index (χ1n) is 6.50. The Bertz CT molecular complexity index is 471. The van der Waals surface area contributed by atoms with Gasteiger partial charge in [-0.05, 0) is 38.8 Å². The van der Waals surface area contributed by atoms with Crippen molar-refractivity contribution in [3.05, 3.63) is 35.7 Å². The number of rotatable bonds is 7. The first-order chi connectivity index (χ1) is 8.81. The third kappa shape index (κ3) is 3.20.